The van der Waals surface area contributed by atoms with Gasteiger partial charge in [0.25, 0.3) is 0 Å². The van der Waals surface area contributed by atoms with Gasteiger partial charge in [-0.2, -0.15) is 0 Å². The molecule has 3 heteroatoms. The van der Waals surface area contributed by atoms with Crippen LogP contribution in [0.3, 0.4) is 0 Å². The maximum Gasteiger partial charge on any atom is 0.192 e. The topological polar surface area (TPSA) is 29.5 Å². The number of hydrogen-bond acceptors (Lipinski definition) is 2. The van der Waals surface area contributed by atoms with E-state index in [2.05, 4.69) is 60.0 Å². The van der Waals surface area contributed by atoms with Crippen LogP contribution in [0.25, 0.3) is 0 Å². The van der Waals surface area contributed by atoms with Gasteiger partial charge in [0.1, 0.15) is 0 Å². The fraction of sp³-hybridized carbons (Fsp3) is 0.684. The van der Waals surface area contributed by atoms with E-state index in [1.165, 1.54) is 5.57 Å². The van der Waals surface area contributed by atoms with Gasteiger partial charge in [-0.3, -0.25) is 0 Å². The van der Waals surface area contributed by atoms with E-state index in [9.17, 15) is 5.11 Å². The first-order valence-corrected chi connectivity index (χ1v) is 11.2. The maximum absolute atomic E-state index is 10.2. The second-order valence-corrected chi connectivity index (χ2v) is 12.9. The summed E-state index contributed by atoms with van der Waals surface area (Å²) in [6.45, 7) is 21.4. The summed E-state index contributed by atoms with van der Waals surface area (Å²) in [7, 11) is -1.79. The molecule has 22 heavy (non-hydrogen) atoms. The number of aliphatic hydroxyl groups is 1. The van der Waals surface area contributed by atoms with Crippen molar-refractivity contribution in [2.45, 2.75) is 77.3 Å². The predicted octanol–water partition coefficient (Wildman–Crippen LogP) is 5.23. The second kappa shape index (κ2) is 7.29. The summed E-state index contributed by atoms with van der Waals surface area (Å²) in [6.07, 6.45) is 6.15. The Morgan fingerprint density at radius 3 is 2.59 bits per heavy atom. The Labute approximate surface area is 138 Å². The zero-order valence-electron chi connectivity index (χ0n) is 15.3. The van der Waals surface area contributed by atoms with Crippen LogP contribution in [0.2, 0.25) is 18.1 Å². The van der Waals surface area contributed by atoms with E-state index < -0.39 is 14.4 Å². The van der Waals surface area contributed by atoms with Crippen molar-refractivity contribution in [3.8, 4) is 0 Å². The van der Waals surface area contributed by atoms with Crippen LogP contribution in [-0.4, -0.2) is 25.6 Å². The summed E-state index contributed by atoms with van der Waals surface area (Å²) in [5, 5.41) is 10.4. The van der Waals surface area contributed by atoms with Crippen molar-refractivity contribution in [2.75, 3.05) is 0 Å². The van der Waals surface area contributed by atoms with Crippen molar-refractivity contribution >= 4 is 8.32 Å². The van der Waals surface area contributed by atoms with E-state index in [-0.39, 0.29) is 11.1 Å². The average molecular weight is 323 g/mol. The number of aliphatic hydroxyl groups excluding tert-OH is 1. The Morgan fingerprint density at radius 1 is 1.50 bits per heavy atom. The van der Waals surface area contributed by atoms with Crippen molar-refractivity contribution in [1.82, 2.24) is 0 Å². The first kappa shape index (κ1) is 19.4. The van der Waals surface area contributed by atoms with Crippen LogP contribution in [0.4, 0.5) is 0 Å². The summed E-state index contributed by atoms with van der Waals surface area (Å²) in [4.78, 5) is 0. The van der Waals surface area contributed by atoms with Crippen LogP contribution >= 0.6 is 0 Å². The van der Waals surface area contributed by atoms with Gasteiger partial charge in [0, 0.05) is 0 Å². The molecule has 0 aromatic carbocycles. The predicted molar refractivity (Wildman–Crippen MR) is 98.5 cm³/mol. The van der Waals surface area contributed by atoms with E-state index in [0.717, 1.165) is 18.4 Å². The molecule has 0 fully saturated rings. The Hall–Kier alpha value is -0.643. The lowest BCUT2D eigenvalue weighted by molar-refractivity contribution is 0.158. The Morgan fingerprint density at radius 2 is 2.09 bits per heavy atom. The third kappa shape index (κ3) is 4.67. The summed E-state index contributed by atoms with van der Waals surface area (Å²) in [5.41, 5.74) is 2.25. The molecule has 1 unspecified atom stereocenters. The first-order chi connectivity index (χ1) is 9.99. The molecule has 0 aromatic heterocycles. The molecule has 0 spiro atoms. The molecule has 2 nitrogen and oxygen atoms in total. The molecule has 1 N–H and O–H groups in total. The van der Waals surface area contributed by atoms with Gasteiger partial charge in [-0.15, -0.1) is 6.58 Å². The summed E-state index contributed by atoms with van der Waals surface area (Å²) >= 11 is 0. The fourth-order valence-electron chi connectivity index (χ4n) is 2.56. The Balaban J connectivity index is 2.82. The van der Waals surface area contributed by atoms with Crippen molar-refractivity contribution < 1.29 is 9.53 Å². The smallest absolute Gasteiger partial charge is 0.192 e. The number of rotatable bonds is 6. The molecule has 1 aliphatic carbocycles. The molecule has 0 heterocycles. The molecule has 0 amide bonds. The Kier molecular flexibility index (Phi) is 6.43. The fourth-order valence-corrected chi connectivity index (χ4v) is 3.90. The van der Waals surface area contributed by atoms with Crippen molar-refractivity contribution in [2.24, 2.45) is 5.92 Å². The monoisotopic (exact) mass is 322 g/mol. The van der Waals surface area contributed by atoms with Crippen LogP contribution in [0, 0.1) is 5.92 Å². The third-order valence-electron chi connectivity index (χ3n) is 5.32. The lowest BCUT2D eigenvalue weighted by Crippen LogP contribution is -2.45. The summed E-state index contributed by atoms with van der Waals surface area (Å²) in [5.74, 6) is 0.299. The number of hydrogen-bond donors (Lipinski definition) is 1. The minimum atomic E-state index is -1.79. The van der Waals surface area contributed by atoms with E-state index in [1.54, 1.807) is 6.08 Å². The summed E-state index contributed by atoms with van der Waals surface area (Å²) < 4.78 is 6.60. The van der Waals surface area contributed by atoms with Gasteiger partial charge in [-0.1, -0.05) is 39.5 Å². The van der Waals surface area contributed by atoms with Gasteiger partial charge in [0.05, 0.1) is 12.2 Å². The maximum atomic E-state index is 10.2. The molecule has 1 aliphatic rings. The quantitative estimate of drug-likeness (QED) is 0.536. The minimum absolute atomic E-state index is 0.160. The average Bonchev–Trinajstić information content (AvgIpc) is 2.39. The molecule has 0 bridgehead atoms. The van der Waals surface area contributed by atoms with E-state index >= 15 is 0 Å². The van der Waals surface area contributed by atoms with Gasteiger partial charge in [-0.25, -0.2) is 0 Å². The second-order valence-electron chi connectivity index (χ2n) is 8.10. The Bertz CT molecular complexity index is 443. The standard InChI is InChI=1S/C19H34O2Si/c1-9-10-17(20)15(3)16-12-11-14(2)18(13-16)21-22(7,8)19(4,5)6/h9,11,16-18,20H,1,3,10,12-13H2,2,4-8H3/t16-,17?,18-/m0/s1. The van der Waals surface area contributed by atoms with Crippen molar-refractivity contribution in [1.29, 1.82) is 0 Å². The minimum Gasteiger partial charge on any atom is -0.410 e. The SMILES string of the molecule is C=CCC(O)C(=C)[C@H]1CC=C(C)[C@@H](O[Si](C)(C)C(C)(C)C)C1. The summed E-state index contributed by atoms with van der Waals surface area (Å²) in [6, 6.07) is 0. The molecule has 0 saturated carbocycles. The van der Waals surface area contributed by atoms with Gasteiger partial charge in [0.15, 0.2) is 8.32 Å². The molecule has 0 radical (unpaired) electrons. The molecular weight excluding hydrogens is 288 g/mol. The highest BCUT2D eigenvalue weighted by Crippen LogP contribution is 2.41. The van der Waals surface area contributed by atoms with Crippen LogP contribution in [0.1, 0.15) is 47.0 Å². The van der Waals surface area contributed by atoms with Crippen LogP contribution < -0.4 is 0 Å². The normalized spacial score (nSPS) is 24.6. The highest BCUT2D eigenvalue weighted by Gasteiger charge is 2.40. The molecule has 0 aromatic rings. The van der Waals surface area contributed by atoms with Crippen LogP contribution in [0.15, 0.2) is 36.5 Å². The lowest BCUT2D eigenvalue weighted by Gasteiger charge is -2.42. The van der Waals surface area contributed by atoms with Crippen molar-refractivity contribution in [3.63, 3.8) is 0 Å². The number of allylic oxidation sites excluding steroid dienone is 1. The zero-order valence-corrected chi connectivity index (χ0v) is 16.3. The van der Waals surface area contributed by atoms with Crippen LogP contribution in [0.5, 0.6) is 0 Å². The molecule has 0 saturated heterocycles. The molecule has 0 aliphatic heterocycles. The van der Waals surface area contributed by atoms with Gasteiger partial charge in [-0.05, 0) is 61.4 Å². The molecule has 1 rings (SSSR count). The highest BCUT2D eigenvalue weighted by atomic mass is 28.4. The first-order valence-electron chi connectivity index (χ1n) is 8.31. The van der Waals surface area contributed by atoms with E-state index in [1.807, 2.05) is 0 Å². The van der Waals surface area contributed by atoms with Crippen molar-refractivity contribution in [3.05, 3.63) is 36.5 Å². The highest BCUT2D eigenvalue weighted by molar-refractivity contribution is 6.74. The van der Waals surface area contributed by atoms with Crippen LogP contribution in [-0.2, 0) is 4.43 Å². The third-order valence-corrected chi connectivity index (χ3v) is 9.80. The van der Waals surface area contributed by atoms with Gasteiger partial charge >= 0.3 is 0 Å². The largest absolute Gasteiger partial charge is 0.410 e. The molecule has 126 valence electrons. The zero-order chi connectivity index (χ0) is 17.1. The van der Waals surface area contributed by atoms with E-state index in [4.69, 9.17) is 4.43 Å². The van der Waals surface area contributed by atoms with Gasteiger partial charge < -0.3 is 9.53 Å². The van der Waals surface area contributed by atoms with E-state index in [0.29, 0.717) is 12.3 Å². The molecule has 3 atom stereocenters. The van der Waals surface area contributed by atoms with Gasteiger partial charge in [0.2, 0.25) is 0 Å². The molecular formula is C19H34O2Si. The lowest BCUT2D eigenvalue weighted by atomic mass is 9.81.